The second kappa shape index (κ2) is 9.25. The minimum atomic E-state index is -0.973. The van der Waals surface area contributed by atoms with Gasteiger partial charge in [0.05, 0.1) is 23.5 Å². The molecule has 1 amide bonds. The zero-order valence-electron chi connectivity index (χ0n) is 16.6. The molecule has 2 aromatic rings. The summed E-state index contributed by atoms with van der Waals surface area (Å²) < 4.78 is 5.49. The number of carbonyl (C=O) groups excluding carboxylic acids is 1. The molecule has 1 aliphatic rings. The van der Waals surface area contributed by atoms with E-state index in [1.54, 1.807) is 42.2 Å². The van der Waals surface area contributed by atoms with Crippen molar-refractivity contribution < 1.29 is 24.4 Å². The molecule has 0 aliphatic carbocycles. The summed E-state index contributed by atoms with van der Waals surface area (Å²) in [7, 11) is 0. The zero-order chi connectivity index (χ0) is 21.7. The van der Waals surface area contributed by atoms with Crippen LogP contribution in [0.4, 0.5) is 11.4 Å². The molecule has 0 radical (unpaired) electrons. The van der Waals surface area contributed by atoms with E-state index < -0.39 is 10.9 Å². The van der Waals surface area contributed by atoms with Crippen LogP contribution in [0.15, 0.2) is 42.5 Å². The topological polar surface area (TPSA) is 113 Å². The first-order valence-corrected chi connectivity index (χ1v) is 9.59. The first-order chi connectivity index (χ1) is 14.3. The van der Waals surface area contributed by atoms with Gasteiger partial charge >= 0.3 is 11.7 Å². The van der Waals surface area contributed by atoms with Crippen LogP contribution in [0.5, 0.6) is 5.75 Å². The maximum atomic E-state index is 12.5. The zero-order valence-corrected chi connectivity index (χ0v) is 16.6. The van der Waals surface area contributed by atoms with Crippen molar-refractivity contribution >= 4 is 23.3 Å². The number of aryl methyl sites for hydroxylation is 1. The summed E-state index contributed by atoms with van der Waals surface area (Å²) in [5.74, 6) is -0.898. The number of rotatable bonds is 7. The van der Waals surface area contributed by atoms with E-state index in [9.17, 15) is 19.7 Å². The van der Waals surface area contributed by atoms with E-state index in [2.05, 4.69) is 0 Å². The molecule has 9 nitrogen and oxygen atoms in total. The Hall–Kier alpha value is -3.62. The number of carboxylic acid groups (broad SMARTS) is 1. The fourth-order valence-electron chi connectivity index (χ4n) is 3.35. The number of piperazine rings is 1. The quantitative estimate of drug-likeness (QED) is 0.548. The van der Waals surface area contributed by atoms with Gasteiger partial charge in [-0.15, -0.1) is 0 Å². The van der Waals surface area contributed by atoms with Gasteiger partial charge in [0.1, 0.15) is 0 Å². The summed E-state index contributed by atoms with van der Waals surface area (Å²) in [6, 6.07) is 11.4. The van der Waals surface area contributed by atoms with E-state index in [1.807, 2.05) is 11.0 Å². The van der Waals surface area contributed by atoms with Crippen molar-refractivity contribution in [3.05, 3.63) is 63.7 Å². The monoisotopic (exact) mass is 413 g/mol. The van der Waals surface area contributed by atoms with E-state index in [-0.39, 0.29) is 35.9 Å². The Bertz CT molecular complexity index is 954. The van der Waals surface area contributed by atoms with Crippen LogP contribution in [0.25, 0.3) is 0 Å². The van der Waals surface area contributed by atoms with E-state index >= 15 is 0 Å². The van der Waals surface area contributed by atoms with Crippen molar-refractivity contribution in [3.63, 3.8) is 0 Å². The fourth-order valence-corrected chi connectivity index (χ4v) is 3.35. The minimum absolute atomic E-state index is 0.0591. The van der Waals surface area contributed by atoms with Crippen molar-refractivity contribution in [2.45, 2.75) is 13.3 Å². The van der Waals surface area contributed by atoms with Crippen molar-refractivity contribution in [3.8, 4) is 5.75 Å². The number of carboxylic acids is 1. The Morgan fingerprint density at radius 3 is 2.53 bits per heavy atom. The van der Waals surface area contributed by atoms with Crippen molar-refractivity contribution in [1.29, 1.82) is 0 Å². The van der Waals surface area contributed by atoms with Gasteiger partial charge in [-0.25, -0.2) is 4.79 Å². The average Bonchev–Trinajstić information content (AvgIpc) is 2.74. The van der Waals surface area contributed by atoms with Crippen LogP contribution >= 0.6 is 0 Å². The third kappa shape index (κ3) is 5.05. The highest BCUT2D eigenvalue weighted by molar-refractivity contribution is 5.88. The second-order valence-electron chi connectivity index (χ2n) is 7.05. The first-order valence-electron chi connectivity index (χ1n) is 9.59. The molecule has 0 unspecified atom stereocenters. The fraction of sp³-hybridized carbons (Fsp3) is 0.333. The summed E-state index contributed by atoms with van der Waals surface area (Å²) in [4.78, 5) is 38.0. The number of hydrogen-bond donors (Lipinski definition) is 1. The number of ether oxygens (including phenoxy) is 1. The normalized spacial score (nSPS) is 13.8. The summed E-state index contributed by atoms with van der Waals surface area (Å²) in [5.41, 5.74) is 1.70. The van der Waals surface area contributed by atoms with E-state index in [0.717, 1.165) is 11.3 Å². The Balaban J connectivity index is 1.50. The molecule has 1 N–H and O–H groups in total. The molecule has 2 aromatic carbocycles. The third-order valence-corrected chi connectivity index (χ3v) is 4.98. The van der Waals surface area contributed by atoms with Crippen molar-refractivity contribution in [1.82, 2.24) is 4.90 Å². The third-order valence-electron chi connectivity index (χ3n) is 4.98. The molecular formula is C21H23N3O6. The number of amides is 1. The second-order valence-corrected chi connectivity index (χ2v) is 7.05. The molecule has 1 saturated heterocycles. The van der Waals surface area contributed by atoms with E-state index in [1.165, 1.54) is 6.07 Å². The Morgan fingerprint density at radius 1 is 1.13 bits per heavy atom. The lowest BCUT2D eigenvalue weighted by Crippen LogP contribution is -2.49. The molecular weight excluding hydrogens is 390 g/mol. The number of aromatic carboxylic acids is 1. The Kier molecular flexibility index (Phi) is 6.51. The van der Waals surface area contributed by atoms with Gasteiger partial charge in [-0.2, -0.15) is 0 Å². The molecule has 0 bridgehead atoms. The molecule has 0 saturated carbocycles. The van der Waals surface area contributed by atoms with Crippen LogP contribution in [-0.4, -0.2) is 59.6 Å². The predicted molar refractivity (Wildman–Crippen MR) is 110 cm³/mol. The van der Waals surface area contributed by atoms with Gasteiger partial charge in [0.25, 0.3) is 0 Å². The number of nitro groups is 1. The van der Waals surface area contributed by atoms with Gasteiger partial charge in [0.15, 0.2) is 5.75 Å². The highest BCUT2D eigenvalue weighted by Gasteiger charge is 2.22. The van der Waals surface area contributed by atoms with Crippen LogP contribution in [-0.2, 0) is 4.79 Å². The molecule has 1 fully saturated rings. The van der Waals surface area contributed by atoms with E-state index in [4.69, 9.17) is 9.84 Å². The highest BCUT2D eigenvalue weighted by Crippen LogP contribution is 2.28. The molecule has 1 heterocycles. The highest BCUT2D eigenvalue weighted by atomic mass is 16.6. The van der Waals surface area contributed by atoms with Gasteiger partial charge in [-0.05, 0) is 36.8 Å². The van der Waals surface area contributed by atoms with Crippen molar-refractivity contribution in [2.75, 3.05) is 37.7 Å². The number of hydrogen-bond acceptors (Lipinski definition) is 6. The number of nitrogens with zero attached hydrogens (tertiary/aromatic N) is 3. The molecule has 9 heteroatoms. The molecule has 30 heavy (non-hydrogen) atoms. The largest absolute Gasteiger partial charge is 0.486 e. The number of anilines is 1. The van der Waals surface area contributed by atoms with Crippen LogP contribution in [0.1, 0.15) is 22.3 Å². The number of nitro benzene ring substituents is 1. The summed E-state index contributed by atoms with van der Waals surface area (Å²) in [6.07, 6.45) is 0.125. The molecule has 3 rings (SSSR count). The maximum Gasteiger partial charge on any atom is 0.335 e. The van der Waals surface area contributed by atoms with E-state index in [0.29, 0.717) is 26.2 Å². The van der Waals surface area contributed by atoms with Crippen LogP contribution < -0.4 is 9.64 Å². The number of benzene rings is 2. The number of carbonyl (C=O) groups is 2. The Morgan fingerprint density at radius 2 is 1.87 bits per heavy atom. The Labute approximate surface area is 173 Å². The molecule has 0 aromatic heterocycles. The van der Waals surface area contributed by atoms with Gasteiger partial charge < -0.3 is 19.6 Å². The van der Waals surface area contributed by atoms with Crippen LogP contribution in [0, 0.1) is 17.0 Å². The molecule has 0 atom stereocenters. The molecule has 1 aliphatic heterocycles. The van der Waals surface area contributed by atoms with Gasteiger partial charge in [-0.3, -0.25) is 14.9 Å². The molecule has 0 spiro atoms. The SMILES string of the molecule is Cc1ccc(OCCC(=O)N2CCN(c3cccc(C(=O)O)c3)CC2)c([N+](=O)[O-])c1. The predicted octanol–water partition coefficient (Wildman–Crippen LogP) is 2.72. The summed E-state index contributed by atoms with van der Waals surface area (Å²) >= 11 is 0. The summed E-state index contributed by atoms with van der Waals surface area (Å²) in [5, 5.41) is 20.3. The summed E-state index contributed by atoms with van der Waals surface area (Å²) in [6.45, 7) is 4.04. The first kappa shape index (κ1) is 21.1. The van der Waals surface area contributed by atoms with Crippen molar-refractivity contribution in [2.24, 2.45) is 0 Å². The lowest BCUT2D eigenvalue weighted by atomic mass is 10.1. The minimum Gasteiger partial charge on any atom is -0.486 e. The average molecular weight is 413 g/mol. The lowest BCUT2D eigenvalue weighted by Gasteiger charge is -2.36. The van der Waals surface area contributed by atoms with Crippen LogP contribution in [0.3, 0.4) is 0 Å². The van der Waals surface area contributed by atoms with Gasteiger partial charge in [0.2, 0.25) is 5.91 Å². The van der Waals surface area contributed by atoms with Gasteiger partial charge in [-0.1, -0.05) is 12.1 Å². The van der Waals surface area contributed by atoms with Crippen LogP contribution in [0.2, 0.25) is 0 Å². The molecule has 158 valence electrons. The lowest BCUT2D eigenvalue weighted by molar-refractivity contribution is -0.385. The maximum absolute atomic E-state index is 12.5. The smallest absolute Gasteiger partial charge is 0.335 e. The van der Waals surface area contributed by atoms with Gasteiger partial charge in [0, 0.05) is 37.9 Å². The standard InChI is InChI=1S/C21H23N3O6/c1-15-5-6-19(18(13-15)24(28)29)30-12-7-20(25)23-10-8-22(9-11-23)17-4-2-3-16(14-17)21(26)27/h2-6,13-14H,7-12H2,1H3,(H,26,27).